The number of carbonyl (C=O) groups excluding carboxylic acids is 2. The van der Waals surface area contributed by atoms with Crippen LogP contribution in [0.1, 0.15) is 42.3 Å². The van der Waals surface area contributed by atoms with Gasteiger partial charge in [-0.2, -0.15) is 0 Å². The summed E-state index contributed by atoms with van der Waals surface area (Å²) in [5.41, 5.74) is 3.55. The number of para-hydroxylation sites is 1. The van der Waals surface area contributed by atoms with Crippen LogP contribution in [0.4, 0.5) is 21.4 Å². The van der Waals surface area contributed by atoms with Gasteiger partial charge in [-0.1, -0.05) is 12.1 Å². The molecule has 36 heavy (non-hydrogen) atoms. The molecule has 9 nitrogen and oxygen atoms in total. The van der Waals surface area contributed by atoms with Crippen molar-refractivity contribution < 1.29 is 14.3 Å². The molecule has 1 saturated heterocycles. The van der Waals surface area contributed by atoms with Crippen molar-refractivity contribution in [1.82, 2.24) is 14.9 Å². The van der Waals surface area contributed by atoms with Gasteiger partial charge in [-0.25, -0.2) is 14.8 Å². The first-order valence-corrected chi connectivity index (χ1v) is 12.7. The fourth-order valence-electron chi connectivity index (χ4n) is 4.21. The third-order valence-electron chi connectivity index (χ3n) is 5.96. The third-order valence-corrected chi connectivity index (χ3v) is 6.65. The zero-order chi connectivity index (χ0) is 25.3. The predicted octanol–water partition coefficient (Wildman–Crippen LogP) is 4.52. The Balaban J connectivity index is 1.24. The maximum absolute atomic E-state index is 12.8. The van der Waals surface area contributed by atoms with E-state index in [1.807, 2.05) is 56.6 Å². The van der Waals surface area contributed by atoms with Crippen LogP contribution in [0.25, 0.3) is 0 Å². The van der Waals surface area contributed by atoms with E-state index in [9.17, 15) is 9.59 Å². The number of hydrogen-bond donors (Lipinski definition) is 1. The number of nitrogens with zero attached hydrogens (tertiary/aromatic N) is 5. The molecule has 186 valence electrons. The van der Waals surface area contributed by atoms with Crippen molar-refractivity contribution >= 4 is 45.7 Å². The largest absolute Gasteiger partial charge is 0.444 e. The topological polar surface area (TPSA) is 100 Å². The maximum atomic E-state index is 12.8. The standard InChI is InChI=1S/C26H28N6O3S/c1-26(2,3)35-25(34)32-12-10-31(11-13-32)21-8-7-18(16-28-21)20-15-17-5-4-6-19(22(17)29-20)23(33)30-24-27-9-14-36-24/h4-9,14,16H,10-13,15H2,1-3H3,(H,27,30,33). The van der Waals surface area contributed by atoms with Gasteiger partial charge >= 0.3 is 6.09 Å². The van der Waals surface area contributed by atoms with Crippen LogP contribution in [0, 0.1) is 0 Å². The Hall–Kier alpha value is -3.79. The van der Waals surface area contributed by atoms with Crippen molar-refractivity contribution in [3.63, 3.8) is 0 Å². The number of benzene rings is 1. The lowest BCUT2D eigenvalue weighted by molar-refractivity contribution is 0.0240. The molecule has 0 radical (unpaired) electrons. The van der Waals surface area contributed by atoms with E-state index >= 15 is 0 Å². The number of pyridine rings is 1. The Morgan fingerprint density at radius 2 is 1.86 bits per heavy atom. The van der Waals surface area contributed by atoms with Gasteiger partial charge in [0, 0.05) is 55.9 Å². The minimum Gasteiger partial charge on any atom is -0.444 e. The van der Waals surface area contributed by atoms with Crippen molar-refractivity contribution in [3.8, 4) is 0 Å². The Morgan fingerprint density at radius 3 is 2.53 bits per heavy atom. The van der Waals surface area contributed by atoms with Gasteiger partial charge in [0.05, 0.1) is 17.0 Å². The van der Waals surface area contributed by atoms with E-state index in [1.54, 1.807) is 17.2 Å². The van der Waals surface area contributed by atoms with E-state index in [2.05, 4.69) is 20.2 Å². The van der Waals surface area contributed by atoms with Crippen LogP contribution >= 0.6 is 11.3 Å². The molecule has 1 aromatic carbocycles. The zero-order valence-electron chi connectivity index (χ0n) is 20.5. The summed E-state index contributed by atoms with van der Waals surface area (Å²) in [7, 11) is 0. The summed E-state index contributed by atoms with van der Waals surface area (Å²) in [6.45, 7) is 8.18. The molecule has 2 aliphatic heterocycles. The SMILES string of the molecule is CC(C)(C)OC(=O)N1CCN(c2ccc(C3=Nc4c(cccc4C(=O)Nc4nccs4)C3)cn2)CC1. The first-order chi connectivity index (χ1) is 17.3. The number of ether oxygens (including phenoxy) is 1. The van der Waals surface area contributed by atoms with E-state index in [0.29, 0.717) is 49.0 Å². The number of carbonyl (C=O) groups is 2. The molecule has 5 rings (SSSR count). The summed E-state index contributed by atoms with van der Waals surface area (Å²) in [5.74, 6) is 0.646. The van der Waals surface area contributed by atoms with Gasteiger partial charge in [-0.3, -0.25) is 15.1 Å². The van der Waals surface area contributed by atoms with E-state index in [1.165, 1.54) is 11.3 Å². The molecule has 0 bridgehead atoms. The van der Waals surface area contributed by atoms with E-state index in [-0.39, 0.29) is 12.0 Å². The quantitative estimate of drug-likeness (QED) is 0.561. The Kier molecular flexibility index (Phi) is 6.44. The number of thiazole rings is 1. The number of nitrogens with one attached hydrogen (secondary N) is 1. The van der Waals surface area contributed by atoms with Gasteiger partial charge in [-0.15, -0.1) is 11.3 Å². The second-order valence-corrected chi connectivity index (χ2v) is 10.6. The van der Waals surface area contributed by atoms with Gasteiger partial charge in [-0.05, 0) is 44.5 Å². The summed E-state index contributed by atoms with van der Waals surface area (Å²) < 4.78 is 5.48. The van der Waals surface area contributed by atoms with Crippen molar-refractivity contribution in [1.29, 1.82) is 0 Å². The fraction of sp³-hybridized carbons (Fsp3) is 0.346. The van der Waals surface area contributed by atoms with Crippen molar-refractivity contribution in [2.45, 2.75) is 32.8 Å². The molecular formula is C26H28N6O3S. The Bertz CT molecular complexity index is 1290. The number of fused-ring (bicyclic) bond motifs is 1. The van der Waals surface area contributed by atoms with Gasteiger partial charge in [0.25, 0.3) is 5.91 Å². The molecule has 3 aromatic rings. The smallest absolute Gasteiger partial charge is 0.410 e. The molecule has 0 saturated carbocycles. The average molecular weight is 505 g/mol. The molecule has 0 atom stereocenters. The Labute approximate surface area is 213 Å². The predicted molar refractivity (Wildman–Crippen MR) is 141 cm³/mol. The van der Waals surface area contributed by atoms with Crippen LogP contribution in [-0.4, -0.2) is 64.4 Å². The molecule has 1 fully saturated rings. The van der Waals surface area contributed by atoms with Crippen molar-refractivity contribution in [2.24, 2.45) is 4.99 Å². The molecule has 2 aliphatic rings. The van der Waals surface area contributed by atoms with E-state index < -0.39 is 5.60 Å². The molecule has 2 aromatic heterocycles. The fourth-order valence-corrected chi connectivity index (χ4v) is 4.73. The van der Waals surface area contributed by atoms with Crippen LogP contribution < -0.4 is 10.2 Å². The highest BCUT2D eigenvalue weighted by atomic mass is 32.1. The summed E-state index contributed by atoms with van der Waals surface area (Å²) >= 11 is 1.38. The maximum Gasteiger partial charge on any atom is 0.410 e. The molecule has 10 heteroatoms. The molecule has 4 heterocycles. The van der Waals surface area contributed by atoms with Gasteiger partial charge in [0.2, 0.25) is 0 Å². The lowest BCUT2D eigenvalue weighted by Gasteiger charge is -2.36. The normalized spacial score (nSPS) is 15.4. The minimum atomic E-state index is -0.500. The second kappa shape index (κ2) is 9.69. The number of piperazine rings is 1. The monoisotopic (exact) mass is 504 g/mol. The van der Waals surface area contributed by atoms with Crippen molar-refractivity contribution in [2.75, 3.05) is 36.4 Å². The van der Waals surface area contributed by atoms with Crippen LogP contribution in [0.3, 0.4) is 0 Å². The summed E-state index contributed by atoms with van der Waals surface area (Å²) in [6, 6.07) is 9.67. The zero-order valence-corrected chi connectivity index (χ0v) is 21.3. The van der Waals surface area contributed by atoms with Gasteiger partial charge < -0.3 is 14.5 Å². The summed E-state index contributed by atoms with van der Waals surface area (Å²) in [4.78, 5) is 42.6. The lowest BCUT2D eigenvalue weighted by Crippen LogP contribution is -2.50. The number of anilines is 2. The first kappa shape index (κ1) is 23.9. The molecule has 0 spiro atoms. The molecule has 0 aliphatic carbocycles. The first-order valence-electron chi connectivity index (χ1n) is 11.9. The number of hydrogen-bond acceptors (Lipinski definition) is 8. The Morgan fingerprint density at radius 1 is 1.06 bits per heavy atom. The summed E-state index contributed by atoms with van der Waals surface area (Å²) in [6.07, 6.45) is 3.85. The number of aromatic nitrogens is 2. The highest BCUT2D eigenvalue weighted by Gasteiger charge is 2.27. The molecule has 2 amide bonds. The number of rotatable bonds is 4. The molecule has 0 unspecified atom stereocenters. The van der Waals surface area contributed by atoms with Crippen LogP contribution in [0.2, 0.25) is 0 Å². The minimum absolute atomic E-state index is 0.217. The van der Waals surface area contributed by atoms with Crippen LogP contribution in [-0.2, 0) is 11.2 Å². The summed E-state index contributed by atoms with van der Waals surface area (Å²) in [5, 5.41) is 5.22. The number of amides is 2. The van der Waals surface area contributed by atoms with Crippen LogP contribution in [0.15, 0.2) is 53.1 Å². The number of aliphatic imine (C=N–C) groups is 1. The highest BCUT2D eigenvalue weighted by molar-refractivity contribution is 7.13. The molecular weight excluding hydrogens is 476 g/mol. The van der Waals surface area contributed by atoms with E-state index in [4.69, 9.17) is 9.73 Å². The highest BCUT2D eigenvalue weighted by Crippen LogP contribution is 2.33. The lowest BCUT2D eigenvalue weighted by atomic mass is 10.0. The second-order valence-electron chi connectivity index (χ2n) is 9.70. The van der Waals surface area contributed by atoms with Gasteiger partial charge in [0.1, 0.15) is 11.4 Å². The van der Waals surface area contributed by atoms with Crippen molar-refractivity contribution in [3.05, 3.63) is 64.8 Å². The average Bonchev–Trinajstić information content (AvgIpc) is 3.53. The third kappa shape index (κ3) is 5.23. The van der Waals surface area contributed by atoms with Crippen LogP contribution in [0.5, 0.6) is 0 Å². The molecule has 1 N–H and O–H groups in total. The van der Waals surface area contributed by atoms with Gasteiger partial charge in [0.15, 0.2) is 5.13 Å². The van der Waals surface area contributed by atoms with E-state index in [0.717, 1.165) is 22.7 Å².